The van der Waals surface area contributed by atoms with Crippen LogP contribution >= 0.6 is 11.8 Å². The molecule has 4 heterocycles. The van der Waals surface area contributed by atoms with Gasteiger partial charge in [0.25, 0.3) is 5.91 Å². The van der Waals surface area contributed by atoms with Gasteiger partial charge in [-0.3, -0.25) is 14.8 Å². The van der Waals surface area contributed by atoms with Crippen LogP contribution in [-0.2, 0) is 6.54 Å². The third-order valence-electron chi connectivity index (χ3n) is 6.10. The summed E-state index contributed by atoms with van der Waals surface area (Å²) in [7, 11) is 0. The summed E-state index contributed by atoms with van der Waals surface area (Å²) in [6.45, 7) is 6.13. The Hall–Kier alpha value is -3.90. The van der Waals surface area contributed by atoms with Gasteiger partial charge in [0.2, 0.25) is 0 Å². The number of hydrogen-bond acceptors (Lipinski definition) is 7. The van der Waals surface area contributed by atoms with Gasteiger partial charge in [0.1, 0.15) is 23.4 Å². The maximum Gasteiger partial charge on any atom is 0.256 e. The lowest BCUT2D eigenvalue weighted by molar-refractivity contribution is 0.0977. The van der Waals surface area contributed by atoms with Crippen molar-refractivity contribution in [1.82, 2.24) is 20.1 Å². The number of aliphatic imine (C=N–C) groups is 1. The normalized spacial score (nSPS) is 16.9. The van der Waals surface area contributed by atoms with Crippen LogP contribution < -0.4 is 10.6 Å². The molecular formula is C26H25N7OS. The van der Waals surface area contributed by atoms with E-state index in [0.717, 1.165) is 52.7 Å². The SMILES string of the molecule is CCn1nc(-c2ccccn2)c2c1NCCSC2c1ccc(C(=O)NC2=NCC=C2C#N)cc1C. The van der Waals surface area contributed by atoms with E-state index in [-0.39, 0.29) is 11.2 Å². The van der Waals surface area contributed by atoms with Crippen LogP contribution in [0.1, 0.15) is 39.2 Å². The number of nitriles is 1. The maximum atomic E-state index is 12.9. The van der Waals surface area contributed by atoms with Crippen molar-refractivity contribution in [2.24, 2.45) is 4.99 Å². The van der Waals surface area contributed by atoms with E-state index in [1.165, 1.54) is 0 Å². The molecule has 1 unspecified atom stereocenters. The summed E-state index contributed by atoms with van der Waals surface area (Å²) in [6.07, 6.45) is 3.49. The number of pyridine rings is 1. The number of anilines is 1. The Morgan fingerprint density at radius 1 is 1.34 bits per heavy atom. The molecule has 5 rings (SSSR count). The fraction of sp³-hybridized carbons (Fsp3) is 0.269. The Morgan fingerprint density at radius 2 is 2.23 bits per heavy atom. The second-order valence-corrected chi connectivity index (χ2v) is 9.48. The van der Waals surface area contributed by atoms with E-state index >= 15 is 0 Å². The van der Waals surface area contributed by atoms with Crippen LogP contribution in [0.2, 0.25) is 0 Å². The van der Waals surface area contributed by atoms with E-state index < -0.39 is 0 Å². The van der Waals surface area contributed by atoms with Gasteiger partial charge in [0.05, 0.1) is 23.1 Å². The topological polar surface area (TPSA) is 108 Å². The molecule has 176 valence electrons. The fourth-order valence-corrected chi connectivity index (χ4v) is 5.70. The molecule has 0 spiro atoms. The highest BCUT2D eigenvalue weighted by Gasteiger charge is 2.31. The van der Waals surface area contributed by atoms with Crippen molar-refractivity contribution in [1.29, 1.82) is 5.26 Å². The predicted molar refractivity (Wildman–Crippen MR) is 139 cm³/mol. The number of nitrogens with one attached hydrogen (secondary N) is 2. The average Bonchev–Trinajstić information content (AvgIpc) is 3.42. The maximum absolute atomic E-state index is 12.9. The number of aryl methyl sites for hydroxylation is 2. The van der Waals surface area contributed by atoms with Crippen molar-refractivity contribution in [2.75, 3.05) is 24.2 Å². The summed E-state index contributed by atoms with van der Waals surface area (Å²) < 4.78 is 2.01. The number of hydrogen-bond donors (Lipinski definition) is 2. The van der Waals surface area contributed by atoms with Crippen molar-refractivity contribution in [3.8, 4) is 17.5 Å². The van der Waals surface area contributed by atoms with Gasteiger partial charge in [-0.15, -0.1) is 11.8 Å². The van der Waals surface area contributed by atoms with E-state index in [9.17, 15) is 10.1 Å². The Balaban J connectivity index is 1.52. The molecule has 0 bridgehead atoms. The Morgan fingerprint density at radius 3 is 2.97 bits per heavy atom. The van der Waals surface area contributed by atoms with Crippen LogP contribution in [0.25, 0.3) is 11.4 Å². The second-order valence-electron chi connectivity index (χ2n) is 8.26. The van der Waals surface area contributed by atoms with Gasteiger partial charge in [-0.1, -0.05) is 12.1 Å². The first-order valence-corrected chi connectivity index (χ1v) is 12.6. The highest BCUT2D eigenvalue weighted by Crippen LogP contribution is 2.46. The Labute approximate surface area is 208 Å². The molecule has 2 aromatic heterocycles. The minimum atomic E-state index is -0.273. The Kier molecular flexibility index (Phi) is 6.38. The van der Waals surface area contributed by atoms with E-state index in [4.69, 9.17) is 5.10 Å². The molecule has 0 aliphatic carbocycles. The van der Waals surface area contributed by atoms with Gasteiger partial charge in [0.15, 0.2) is 0 Å². The van der Waals surface area contributed by atoms with Crippen LogP contribution in [0.5, 0.6) is 0 Å². The summed E-state index contributed by atoms with van der Waals surface area (Å²) >= 11 is 1.86. The van der Waals surface area contributed by atoms with E-state index in [2.05, 4.69) is 33.6 Å². The van der Waals surface area contributed by atoms with Crippen LogP contribution in [-0.4, -0.2) is 45.3 Å². The minimum absolute atomic E-state index is 0.0433. The van der Waals surface area contributed by atoms with Crippen molar-refractivity contribution < 1.29 is 4.79 Å². The first kappa shape index (κ1) is 22.9. The molecule has 0 saturated heterocycles. The first-order valence-electron chi connectivity index (χ1n) is 11.5. The molecule has 3 aromatic rings. The quantitative estimate of drug-likeness (QED) is 0.578. The van der Waals surface area contributed by atoms with Gasteiger partial charge in [-0.05, 0) is 55.3 Å². The molecule has 2 aliphatic heterocycles. The summed E-state index contributed by atoms with van der Waals surface area (Å²) in [5, 5.41) is 20.5. The van der Waals surface area contributed by atoms with Gasteiger partial charge in [0, 0.05) is 36.2 Å². The molecule has 9 heteroatoms. The van der Waals surface area contributed by atoms with Crippen LogP contribution in [0, 0.1) is 18.3 Å². The molecular weight excluding hydrogens is 458 g/mol. The number of amides is 1. The summed E-state index contributed by atoms with van der Waals surface area (Å²) in [5.74, 6) is 2.03. The zero-order valence-electron chi connectivity index (χ0n) is 19.6. The number of nitrogens with zero attached hydrogens (tertiary/aromatic N) is 5. The fourth-order valence-electron chi connectivity index (χ4n) is 4.41. The van der Waals surface area contributed by atoms with Gasteiger partial charge >= 0.3 is 0 Å². The van der Waals surface area contributed by atoms with Crippen LogP contribution in [0.3, 0.4) is 0 Å². The highest BCUT2D eigenvalue weighted by atomic mass is 32.2. The van der Waals surface area contributed by atoms with Gasteiger partial charge in [-0.2, -0.15) is 10.4 Å². The molecule has 2 N–H and O–H groups in total. The third-order valence-corrected chi connectivity index (χ3v) is 7.37. The lowest BCUT2D eigenvalue weighted by Crippen LogP contribution is -2.30. The van der Waals surface area contributed by atoms with Gasteiger partial charge in [-0.25, -0.2) is 4.68 Å². The molecule has 8 nitrogen and oxygen atoms in total. The lowest BCUT2D eigenvalue weighted by atomic mass is 9.96. The molecule has 1 atom stereocenters. The molecule has 2 aliphatic rings. The lowest BCUT2D eigenvalue weighted by Gasteiger charge is -2.19. The predicted octanol–water partition coefficient (Wildman–Crippen LogP) is 4.11. The molecule has 1 amide bonds. The number of benzene rings is 1. The second kappa shape index (κ2) is 9.76. The van der Waals surface area contributed by atoms with Crippen molar-refractivity contribution in [3.05, 3.63) is 76.5 Å². The number of aromatic nitrogens is 3. The smallest absolute Gasteiger partial charge is 0.256 e. The number of carbonyl (C=O) groups is 1. The summed E-state index contributed by atoms with van der Waals surface area (Å²) in [5.41, 5.74) is 5.94. The number of carbonyl (C=O) groups excluding carboxylic acids is 1. The average molecular weight is 484 g/mol. The van der Waals surface area contributed by atoms with Crippen molar-refractivity contribution in [2.45, 2.75) is 25.6 Å². The number of amidine groups is 1. The minimum Gasteiger partial charge on any atom is -0.369 e. The summed E-state index contributed by atoms with van der Waals surface area (Å²) in [6, 6.07) is 13.7. The summed E-state index contributed by atoms with van der Waals surface area (Å²) in [4.78, 5) is 21.6. The third kappa shape index (κ3) is 4.33. The van der Waals surface area contributed by atoms with Crippen LogP contribution in [0.4, 0.5) is 5.82 Å². The number of rotatable bonds is 4. The zero-order valence-corrected chi connectivity index (χ0v) is 20.4. The first-order chi connectivity index (χ1) is 17.1. The largest absolute Gasteiger partial charge is 0.369 e. The van der Waals surface area contributed by atoms with Crippen molar-refractivity contribution in [3.63, 3.8) is 0 Å². The Bertz CT molecular complexity index is 1380. The molecule has 1 aromatic carbocycles. The monoisotopic (exact) mass is 483 g/mol. The van der Waals surface area contributed by atoms with E-state index in [1.54, 1.807) is 12.3 Å². The van der Waals surface area contributed by atoms with Gasteiger partial charge < -0.3 is 10.6 Å². The van der Waals surface area contributed by atoms with Crippen molar-refractivity contribution >= 4 is 29.3 Å². The number of thioether (sulfide) groups is 1. The molecule has 35 heavy (non-hydrogen) atoms. The highest BCUT2D eigenvalue weighted by molar-refractivity contribution is 7.99. The molecule has 0 saturated carbocycles. The number of fused-ring (bicyclic) bond motifs is 1. The standard InChI is InChI=1S/C26H25N7OS/c1-3-33-25-21(22(32-33)20-6-4-5-10-28-20)23(35-13-12-30-25)19-8-7-17(14-16(19)2)26(34)31-24-18(15-27)9-11-29-24/h4-10,14,23,30H,3,11-13H2,1-2H3,(H,29,31,34). The van der Waals surface area contributed by atoms with E-state index in [1.807, 2.05) is 59.8 Å². The molecule has 0 fully saturated rings. The zero-order chi connectivity index (χ0) is 24.4. The van der Waals surface area contributed by atoms with Crippen LogP contribution in [0.15, 0.2) is 59.2 Å². The molecule has 0 radical (unpaired) electrons. The van der Waals surface area contributed by atoms with E-state index in [0.29, 0.717) is 23.5 Å².